The molecule has 1 heterocycles. The molecule has 1 aromatic rings. The van der Waals surface area contributed by atoms with Crippen LogP contribution in [0.3, 0.4) is 0 Å². The van der Waals surface area contributed by atoms with Gasteiger partial charge < -0.3 is 14.4 Å². The summed E-state index contributed by atoms with van der Waals surface area (Å²) in [5.74, 6) is 0.999. The third-order valence-electron chi connectivity index (χ3n) is 8.16. The number of benzene rings is 1. The highest BCUT2D eigenvalue weighted by Gasteiger charge is 2.41. The van der Waals surface area contributed by atoms with Gasteiger partial charge in [-0.3, -0.25) is 4.79 Å². The molecule has 1 N–H and O–H groups in total. The van der Waals surface area contributed by atoms with Crippen molar-refractivity contribution in [2.45, 2.75) is 125 Å². The van der Waals surface area contributed by atoms with Gasteiger partial charge in [-0.2, -0.15) is 0 Å². The molecule has 0 radical (unpaired) electrons. The van der Waals surface area contributed by atoms with Crippen molar-refractivity contribution in [3.8, 4) is 11.5 Å². The van der Waals surface area contributed by atoms with Crippen LogP contribution in [0.2, 0.25) is 18.1 Å². The van der Waals surface area contributed by atoms with Crippen LogP contribution in [0.25, 0.3) is 0 Å². The molecule has 1 atom stereocenters. The predicted molar refractivity (Wildman–Crippen MR) is 166 cm³/mol. The van der Waals surface area contributed by atoms with Crippen LogP contribution in [0, 0.1) is 13.8 Å². The molecule has 0 spiro atoms. The van der Waals surface area contributed by atoms with Gasteiger partial charge in [0, 0.05) is 0 Å². The van der Waals surface area contributed by atoms with Crippen LogP contribution >= 0.6 is 0 Å². The molecule has 1 aliphatic heterocycles. The van der Waals surface area contributed by atoms with Crippen LogP contribution < -0.4 is 9.16 Å². The van der Waals surface area contributed by atoms with E-state index in [4.69, 9.17) is 9.16 Å². The normalized spacial score (nSPS) is 17.7. The fourth-order valence-electron chi connectivity index (χ4n) is 4.32. The lowest BCUT2D eigenvalue weighted by Gasteiger charge is -2.37. The molecule has 0 saturated heterocycles. The highest BCUT2D eigenvalue weighted by Crippen LogP contribution is 2.42. The number of allylic oxidation sites excluding steroid dienone is 6. The van der Waals surface area contributed by atoms with E-state index in [1.54, 1.807) is 6.07 Å². The molecule has 0 saturated carbocycles. The van der Waals surface area contributed by atoms with E-state index < -0.39 is 14.4 Å². The van der Waals surface area contributed by atoms with E-state index in [-0.39, 0.29) is 16.5 Å². The molecule has 0 amide bonds. The Labute approximate surface area is 238 Å². The largest absolute Gasteiger partial charge is 0.543 e. The van der Waals surface area contributed by atoms with Crippen molar-refractivity contribution >= 4 is 19.8 Å². The Hall–Kier alpha value is -2.60. The zero-order valence-electron chi connectivity index (χ0n) is 26.2. The lowest BCUT2D eigenvalue weighted by atomic mass is 9.92. The first kappa shape index (κ1) is 32.6. The van der Waals surface area contributed by atoms with Crippen LogP contribution in [0.5, 0.6) is 11.5 Å². The van der Waals surface area contributed by atoms with E-state index in [0.29, 0.717) is 23.5 Å². The molecule has 5 nitrogen and oxygen atoms in total. The second kappa shape index (κ2) is 13.6. The second-order valence-corrected chi connectivity index (χ2v) is 17.5. The molecule has 1 aliphatic rings. The first-order valence-corrected chi connectivity index (χ1v) is 17.2. The van der Waals surface area contributed by atoms with E-state index in [9.17, 15) is 10.0 Å². The molecule has 0 bridgehead atoms. The van der Waals surface area contributed by atoms with E-state index in [0.717, 1.165) is 43.2 Å². The number of ketones is 1. The smallest absolute Gasteiger partial charge is 0.250 e. The molecule has 1 aromatic carbocycles. The fourth-order valence-corrected chi connectivity index (χ4v) is 5.39. The number of hydrogen-bond donors (Lipinski definition) is 1. The zero-order valence-corrected chi connectivity index (χ0v) is 27.2. The average molecular weight is 554 g/mol. The van der Waals surface area contributed by atoms with Crippen molar-refractivity contribution in [2.75, 3.05) is 0 Å². The van der Waals surface area contributed by atoms with Gasteiger partial charge in [0.2, 0.25) is 14.1 Å². The topological polar surface area (TPSA) is 68.1 Å². The number of hydrogen-bond acceptors (Lipinski definition) is 5. The zero-order chi connectivity index (χ0) is 29.5. The van der Waals surface area contributed by atoms with Crippen LogP contribution in [-0.4, -0.2) is 31.1 Å². The Bertz CT molecular complexity index is 1160. The fraction of sp³-hybridized carbons (Fsp3) is 0.576. The maximum Gasteiger partial charge on any atom is 0.250 e. The summed E-state index contributed by atoms with van der Waals surface area (Å²) >= 11 is 0. The molecular weight excluding hydrogens is 502 g/mol. The summed E-state index contributed by atoms with van der Waals surface area (Å²) in [5.41, 5.74) is 6.46. The molecule has 6 heteroatoms. The number of rotatable bonds is 11. The Kier molecular flexibility index (Phi) is 11.4. The van der Waals surface area contributed by atoms with Gasteiger partial charge in [-0.1, -0.05) is 60.9 Å². The highest BCUT2D eigenvalue weighted by atomic mass is 28.4. The van der Waals surface area contributed by atoms with Crippen LogP contribution in [0.1, 0.15) is 108 Å². The van der Waals surface area contributed by atoms with E-state index >= 15 is 0 Å². The van der Waals surface area contributed by atoms with Crippen molar-refractivity contribution in [3.05, 3.63) is 57.7 Å². The quantitative estimate of drug-likeness (QED) is 0.128. The number of nitrogens with zero attached hydrogens (tertiary/aromatic N) is 1. The Balaban J connectivity index is 2.11. The maximum atomic E-state index is 13.4. The van der Waals surface area contributed by atoms with Crippen molar-refractivity contribution in [1.29, 1.82) is 0 Å². The predicted octanol–water partition coefficient (Wildman–Crippen LogP) is 9.66. The summed E-state index contributed by atoms with van der Waals surface area (Å²) in [5, 5.41) is 13.2. The minimum absolute atomic E-state index is 0.0266. The maximum absolute atomic E-state index is 13.4. The van der Waals surface area contributed by atoms with Crippen LogP contribution in [-0.2, 0) is 0 Å². The molecule has 0 aromatic heterocycles. The van der Waals surface area contributed by atoms with E-state index in [1.807, 2.05) is 13.8 Å². The van der Waals surface area contributed by atoms with Crippen LogP contribution in [0.15, 0.2) is 46.2 Å². The van der Waals surface area contributed by atoms with Gasteiger partial charge in [0.25, 0.3) is 0 Å². The van der Waals surface area contributed by atoms with E-state index in [1.165, 1.54) is 16.7 Å². The third-order valence-corrected chi connectivity index (χ3v) is 12.5. The minimum atomic E-state index is -2.11. The Morgan fingerprint density at radius 2 is 1.56 bits per heavy atom. The SMILES string of the molecule is CC(C)=CCC/C(C)=C/CC/C(C)=C/CCC1Oc2c(cc(O[Si](C)(C)C(C)(C)C)c(C)c2C)C(=O)/C1=N/O. The highest BCUT2D eigenvalue weighted by molar-refractivity contribution is 6.74. The molecule has 0 aliphatic carbocycles. The molecule has 216 valence electrons. The summed E-state index contributed by atoms with van der Waals surface area (Å²) in [7, 11) is -2.11. The van der Waals surface area contributed by atoms with Crippen molar-refractivity contribution in [2.24, 2.45) is 5.16 Å². The standard InChI is InChI=1S/C33H51NO4Si/c1-22(2)15-12-16-23(3)17-13-18-24(4)19-14-20-28-30(34-36)31(35)27-21-29(25(5)26(6)32(27)37-28)38-39(10,11)33(7,8)9/h15,17,19,21,28,36H,12-14,16,18,20H2,1-11H3/b23-17+,24-19+,34-30+. The van der Waals surface area contributed by atoms with Crippen molar-refractivity contribution in [1.82, 2.24) is 0 Å². The lowest BCUT2D eigenvalue weighted by Crippen LogP contribution is -2.44. The first-order chi connectivity index (χ1) is 18.1. The summed E-state index contributed by atoms with van der Waals surface area (Å²) in [4.78, 5) is 13.4. The number of ether oxygens (including phenoxy) is 1. The van der Waals surface area contributed by atoms with Crippen LogP contribution in [0.4, 0.5) is 0 Å². The Morgan fingerprint density at radius 3 is 2.10 bits per heavy atom. The van der Waals surface area contributed by atoms with Gasteiger partial charge in [0.05, 0.1) is 5.56 Å². The summed E-state index contributed by atoms with van der Waals surface area (Å²) < 4.78 is 12.9. The van der Waals surface area contributed by atoms with Gasteiger partial charge in [0.1, 0.15) is 17.6 Å². The molecule has 0 fully saturated rings. The van der Waals surface area contributed by atoms with Crippen molar-refractivity contribution in [3.63, 3.8) is 0 Å². The van der Waals surface area contributed by atoms with Gasteiger partial charge in [-0.15, -0.1) is 0 Å². The summed E-state index contributed by atoms with van der Waals surface area (Å²) in [6.45, 7) is 23.6. The summed E-state index contributed by atoms with van der Waals surface area (Å²) in [6, 6.07) is 1.78. The van der Waals surface area contributed by atoms with Gasteiger partial charge in [-0.25, -0.2) is 0 Å². The first-order valence-electron chi connectivity index (χ1n) is 14.3. The molecule has 1 unspecified atom stereocenters. The van der Waals surface area contributed by atoms with Gasteiger partial charge in [-0.05, 0) is 115 Å². The average Bonchev–Trinajstić information content (AvgIpc) is 2.82. The number of carbonyl (C=O) groups is 1. The molecular formula is C33H51NO4Si. The number of Topliss-reactive ketones (excluding diaryl/α,β-unsaturated/α-hetero) is 1. The van der Waals surface area contributed by atoms with Gasteiger partial charge >= 0.3 is 0 Å². The lowest BCUT2D eigenvalue weighted by molar-refractivity contribution is 0.101. The van der Waals surface area contributed by atoms with Gasteiger partial charge in [0.15, 0.2) is 5.71 Å². The number of oxime groups is 1. The monoisotopic (exact) mass is 553 g/mol. The third kappa shape index (κ3) is 8.69. The number of fused-ring (bicyclic) bond motifs is 1. The van der Waals surface area contributed by atoms with E-state index in [2.05, 4.69) is 84.9 Å². The summed E-state index contributed by atoms with van der Waals surface area (Å²) in [6.07, 6.45) is 11.8. The Morgan fingerprint density at radius 1 is 1.00 bits per heavy atom. The second-order valence-electron chi connectivity index (χ2n) is 12.8. The molecule has 39 heavy (non-hydrogen) atoms. The minimum Gasteiger partial charge on any atom is -0.543 e. The van der Waals surface area contributed by atoms with Crippen molar-refractivity contribution < 1.29 is 19.2 Å². The number of carbonyl (C=O) groups excluding carboxylic acids is 1. The molecule has 2 rings (SSSR count).